The number of fused-ring (bicyclic) bond motifs is 2. The zero-order chi connectivity index (χ0) is 21.5. The molecule has 0 atom stereocenters. The van der Waals surface area contributed by atoms with E-state index < -0.39 is 0 Å². The molecule has 2 aliphatic heterocycles. The van der Waals surface area contributed by atoms with E-state index in [2.05, 4.69) is 22.1 Å². The average Bonchev–Trinajstić information content (AvgIpc) is 3.50. The van der Waals surface area contributed by atoms with Gasteiger partial charge in [-0.3, -0.25) is 13.8 Å². The second kappa shape index (κ2) is 7.62. The Balaban J connectivity index is 1.48. The van der Waals surface area contributed by atoms with Gasteiger partial charge in [0.05, 0.1) is 17.1 Å². The highest BCUT2D eigenvalue weighted by molar-refractivity contribution is 7.15. The molecule has 32 heavy (non-hydrogen) atoms. The van der Waals surface area contributed by atoms with Crippen LogP contribution in [0.5, 0.6) is 0 Å². The van der Waals surface area contributed by atoms with E-state index in [0.29, 0.717) is 24.4 Å². The highest BCUT2D eigenvalue weighted by atomic mass is 32.1. The van der Waals surface area contributed by atoms with Crippen LogP contribution in [0.2, 0.25) is 0 Å². The average molecular weight is 438 g/mol. The van der Waals surface area contributed by atoms with Gasteiger partial charge in [-0.05, 0) is 11.1 Å². The van der Waals surface area contributed by atoms with Crippen molar-refractivity contribution in [1.29, 1.82) is 0 Å². The van der Waals surface area contributed by atoms with Gasteiger partial charge in [0, 0.05) is 36.8 Å². The quantitative estimate of drug-likeness (QED) is 0.430. The SMILES string of the molecule is O=c1c(Cc2cn3ccsc3n2)nc2c(Cc3ccccc3)[nH]c(-c3ccccc3)cn1-2. The molecular weight excluding hydrogens is 418 g/mol. The van der Waals surface area contributed by atoms with E-state index in [0.717, 1.165) is 33.2 Å². The number of thiazole rings is 1. The smallest absolute Gasteiger partial charge is 0.278 e. The lowest BCUT2D eigenvalue weighted by atomic mass is 10.1. The zero-order valence-corrected chi connectivity index (χ0v) is 17.9. The van der Waals surface area contributed by atoms with Crippen LogP contribution in [-0.2, 0) is 12.8 Å². The third-order valence-corrected chi connectivity index (χ3v) is 6.32. The second-order valence-electron chi connectivity index (χ2n) is 7.73. The van der Waals surface area contributed by atoms with Gasteiger partial charge in [0.2, 0.25) is 0 Å². The molecule has 1 N–H and O–H groups in total. The van der Waals surface area contributed by atoms with Crippen molar-refractivity contribution in [3.63, 3.8) is 0 Å². The number of rotatable bonds is 5. The molecule has 0 fully saturated rings. The molecule has 0 bridgehead atoms. The maximum atomic E-state index is 13.3. The highest BCUT2D eigenvalue weighted by Crippen LogP contribution is 2.23. The van der Waals surface area contributed by atoms with Crippen molar-refractivity contribution in [3.05, 3.63) is 118 Å². The van der Waals surface area contributed by atoms with Crippen molar-refractivity contribution in [2.24, 2.45) is 0 Å². The molecule has 4 heterocycles. The summed E-state index contributed by atoms with van der Waals surface area (Å²) in [5.74, 6) is 0.662. The minimum Gasteiger partial charge on any atom is -0.354 e. The molecule has 0 aliphatic carbocycles. The summed E-state index contributed by atoms with van der Waals surface area (Å²) >= 11 is 1.57. The first-order valence-electron chi connectivity index (χ1n) is 10.4. The normalized spacial score (nSPS) is 11.5. The van der Waals surface area contributed by atoms with Gasteiger partial charge in [0.1, 0.15) is 5.69 Å². The van der Waals surface area contributed by atoms with Crippen LogP contribution in [0.25, 0.3) is 22.0 Å². The van der Waals surface area contributed by atoms with Gasteiger partial charge in [-0.25, -0.2) is 9.97 Å². The predicted molar refractivity (Wildman–Crippen MR) is 126 cm³/mol. The zero-order valence-electron chi connectivity index (χ0n) is 17.1. The van der Waals surface area contributed by atoms with E-state index in [-0.39, 0.29) is 5.56 Å². The Morgan fingerprint density at radius 3 is 2.47 bits per heavy atom. The Bertz CT molecular complexity index is 1510. The number of H-pyrrole nitrogens is 1. The molecule has 0 spiro atoms. The van der Waals surface area contributed by atoms with Crippen LogP contribution < -0.4 is 5.56 Å². The van der Waals surface area contributed by atoms with E-state index in [9.17, 15) is 4.79 Å². The van der Waals surface area contributed by atoms with E-state index in [4.69, 9.17) is 4.98 Å². The van der Waals surface area contributed by atoms with Crippen molar-refractivity contribution in [1.82, 2.24) is 23.9 Å². The second-order valence-corrected chi connectivity index (χ2v) is 8.61. The fourth-order valence-electron chi connectivity index (χ4n) is 4.01. The molecule has 2 aromatic carbocycles. The molecule has 7 heteroatoms. The molecule has 0 saturated heterocycles. The summed E-state index contributed by atoms with van der Waals surface area (Å²) < 4.78 is 3.65. The molecule has 156 valence electrons. The van der Waals surface area contributed by atoms with Crippen molar-refractivity contribution in [2.45, 2.75) is 12.8 Å². The summed E-state index contributed by atoms with van der Waals surface area (Å²) in [5, 5.41) is 1.99. The highest BCUT2D eigenvalue weighted by Gasteiger charge is 2.21. The molecule has 0 radical (unpaired) electrons. The lowest BCUT2D eigenvalue weighted by molar-refractivity contribution is 0.914. The van der Waals surface area contributed by atoms with Gasteiger partial charge in [0.25, 0.3) is 5.56 Å². The number of nitrogens with zero attached hydrogens (tertiary/aromatic N) is 4. The molecule has 6 nitrogen and oxygen atoms in total. The lowest BCUT2D eigenvalue weighted by Gasteiger charge is -2.13. The number of aromatic amines is 1. The van der Waals surface area contributed by atoms with E-state index in [1.165, 1.54) is 0 Å². The first kappa shape index (κ1) is 18.8. The Labute approximate surface area is 187 Å². The van der Waals surface area contributed by atoms with Crippen molar-refractivity contribution >= 4 is 16.3 Å². The van der Waals surface area contributed by atoms with E-state index in [1.54, 1.807) is 15.9 Å². The van der Waals surface area contributed by atoms with Gasteiger partial charge < -0.3 is 4.98 Å². The van der Waals surface area contributed by atoms with E-state index in [1.807, 2.05) is 76.9 Å². The topological polar surface area (TPSA) is 68.0 Å². The Morgan fingerprint density at radius 1 is 0.906 bits per heavy atom. The third-order valence-electron chi connectivity index (χ3n) is 5.55. The van der Waals surface area contributed by atoms with Crippen molar-refractivity contribution in [2.75, 3.05) is 0 Å². The Kier molecular flexibility index (Phi) is 4.47. The lowest BCUT2D eigenvalue weighted by Crippen LogP contribution is -2.17. The number of aromatic nitrogens is 5. The molecule has 2 aliphatic rings. The number of benzene rings is 2. The molecule has 4 aromatic rings. The molecule has 0 saturated carbocycles. The summed E-state index contributed by atoms with van der Waals surface area (Å²) in [7, 11) is 0. The molecule has 6 rings (SSSR count). The van der Waals surface area contributed by atoms with Gasteiger partial charge >= 0.3 is 0 Å². The fraction of sp³-hybridized carbons (Fsp3) is 0.0800. The number of hydrogen-bond acceptors (Lipinski definition) is 4. The van der Waals surface area contributed by atoms with Crippen LogP contribution in [0.4, 0.5) is 0 Å². The monoisotopic (exact) mass is 437 g/mol. The van der Waals surface area contributed by atoms with Crippen LogP contribution >= 0.6 is 11.3 Å². The first-order valence-corrected chi connectivity index (χ1v) is 11.3. The van der Waals surface area contributed by atoms with Gasteiger partial charge in [-0.15, -0.1) is 11.3 Å². The minimum atomic E-state index is -0.100. The summed E-state index contributed by atoms with van der Waals surface area (Å²) in [6.07, 6.45) is 6.84. The predicted octanol–water partition coefficient (Wildman–Crippen LogP) is 4.56. The molecule has 0 amide bonds. The minimum absolute atomic E-state index is 0.100. The molecule has 2 aromatic heterocycles. The largest absolute Gasteiger partial charge is 0.354 e. The van der Waals surface area contributed by atoms with Crippen LogP contribution in [0.3, 0.4) is 0 Å². The molecule has 0 unspecified atom stereocenters. The van der Waals surface area contributed by atoms with Crippen LogP contribution in [0.15, 0.2) is 89.4 Å². The fourth-order valence-corrected chi connectivity index (χ4v) is 4.73. The summed E-state index contributed by atoms with van der Waals surface area (Å²) in [6.45, 7) is 0. The third kappa shape index (κ3) is 3.33. The van der Waals surface area contributed by atoms with E-state index >= 15 is 0 Å². The van der Waals surface area contributed by atoms with Gasteiger partial charge in [0.15, 0.2) is 10.8 Å². The number of hydrogen-bond donors (Lipinski definition) is 1. The number of nitrogens with one attached hydrogen (secondary N) is 1. The van der Waals surface area contributed by atoms with Crippen LogP contribution in [0, 0.1) is 0 Å². The maximum Gasteiger partial charge on any atom is 0.278 e. The van der Waals surface area contributed by atoms with Crippen molar-refractivity contribution in [3.8, 4) is 17.1 Å². The number of imidazole rings is 2. The Morgan fingerprint density at radius 2 is 1.69 bits per heavy atom. The van der Waals surface area contributed by atoms with Crippen LogP contribution in [-0.4, -0.2) is 23.9 Å². The van der Waals surface area contributed by atoms with Gasteiger partial charge in [-0.1, -0.05) is 60.7 Å². The van der Waals surface area contributed by atoms with Crippen LogP contribution in [0.1, 0.15) is 22.6 Å². The Hall–Kier alpha value is -3.97. The summed E-state index contributed by atoms with van der Waals surface area (Å²) in [6, 6.07) is 20.2. The standard InChI is InChI=1S/C25H19N5OS/c31-24-21(14-19-15-29-11-12-32-25(29)26-19)28-23-20(13-17-7-3-1-4-8-17)27-22(16-30(23)24)18-9-5-2-6-10-18/h1-12,15-16,27H,13-14H2. The summed E-state index contributed by atoms with van der Waals surface area (Å²) in [4.78, 5) is 27.2. The first-order chi connectivity index (χ1) is 15.7. The maximum absolute atomic E-state index is 13.3. The van der Waals surface area contributed by atoms with Crippen molar-refractivity contribution < 1.29 is 0 Å². The summed E-state index contributed by atoms with van der Waals surface area (Å²) in [5.41, 5.74) is 5.21. The molecular formula is C25H19N5OS. The van der Waals surface area contributed by atoms with Gasteiger partial charge in [-0.2, -0.15) is 0 Å².